The first-order valence-corrected chi connectivity index (χ1v) is 6.33. The highest BCUT2D eigenvalue weighted by Crippen LogP contribution is 2.33. The van der Waals surface area contributed by atoms with Gasteiger partial charge in [-0.3, -0.25) is 0 Å². The number of aliphatic hydroxyl groups is 1. The van der Waals surface area contributed by atoms with Crippen LogP contribution in [0.15, 0.2) is 36.4 Å². The number of hydrogen-bond donors (Lipinski definition) is 2. The van der Waals surface area contributed by atoms with Crippen LogP contribution in [-0.4, -0.2) is 31.8 Å². The number of hydrogen-bond acceptors (Lipinski definition) is 5. The maximum atomic E-state index is 9.27. The van der Waals surface area contributed by atoms with Crippen molar-refractivity contribution in [2.75, 3.05) is 14.2 Å². The fourth-order valence-electron chi connectivity index (χ4n) is 1.92. The molecule has 0 saturated carbocycles. The lowest BCUT2D eigenvalue weighted by Gasteiger charge is -2.12. The van der Waals surface area contributed by atoms with Gasteiger partial charge in [-0.2, -0.15) is 0 Å². The summed E-state index contributed by atoms with van der Waals surface area (Å²) in [6.07, 6.45) is 0. The van der Waals surface area contributed by atoms with E-state index in [2.05, 4.69) is 0 Å². The van der Waals surface area contributed by atoms with Crippen LogP contribution in [0, 0.1) is 0 Å². The van der Waals surface area contributed by atoms with Gasteiger partial charge in [0.15, 0.2) is 11.5 Å². The number of methoxy groups -OCH3 is 2. The van der Waals surface area contributed by atoms with Crippen LogP contribution in [0.25, 0.3) is 0 Å². The minimum atomic E-state index is -0.185. The molecule has 2 aromatic rings. The number of aliphatic hydroxyl groups excluding tert-OH is 1. The van der Waals surface area contributed by atoms with Crippen molar-refractivity contribution in [1.29, 1.82) is 0 Å². The van der Waals surface area contributed by atoms with Gasteiger partial charge < -0.3 is 24.3 Å². The molecule has 2 aromatic carbocycles. The Morgan fingerprint density at radius 3 is 2.24 bits per heavy atom. The Morgan fingerprint density at radius 2 is 1.62 bits per heavy atom. The second-order valence-corrected chi connectivity index (χ2v) is 4.27. The van der Waals surface area contributed by atoms with E-state index < -0.39 is 0 Å². The summed E-state index contributed by atoms with van der Waals surface area (Å²) in [4.78, 5) is 0. The molecule has 5 nitrogen and oxygen atoms in total. The molecule has 2 N–H and O–H groups in total. The lowest BCUT2D eigenvalue weighted by molar-refractivity contribution is 0.282. The van der Waals surface area contributed by atoms with Crippen LogP contribution in [0.3, 0.4) is 0 Å². The molecule has 0 atom stereocenters. The summed E-state index contributed by atoms with van der Waals surface area (Å²) < 4.78 is 16.1. The maximum Gasteiger partial charge on any atom is 0.327 e. The van der Waals surface area contributed by atoms with Crippen molar-refractivity contribution in [3.8, 4) is 23.0 Å². The first-order chi connectivity index (χ1) is 10.2. The Labute approximate surface area is 124 Å². The van der Waals surface area contributed by atoms with E-state index in [0.29, 0.717) is 34.0 Å². The summed E-state index contributed by atoms with van der Waals surface area (Å²) in [5.41, 5.74) is 1.13. The van der Waals surface area contributed by atoms with Crippen molar-refractivity contribution in [3.05, 3.63) is 42.0 Å². The van der Waals surface area contributed by atoms with E-state index in [0.717, 1.165) is 7.48 Å². The number of rotatable bonds is 6. The molecule has 0 aromatic heterocycles. The number of ether oxygens (including phenoxy) is 3. The van der Waals surface area contributed by atoms with Gasteiger partial charge in [0.2, 0.25) is 0 Å². The minimum absolute atomic E-state index is 0.185. The van der Waals surface area contributed by atoms with Gasteiger partial charge in [-0.15, -0.1) is 0 Å². The molecular weight excluding hydrogens is 271 g/mol. The van der Waals surface area contributed by atoms with Crippen molar-refractivity contribution < 1.29 is 24.3 Å². The van der Waals surface area contributed by atoms with Crippen LogP contribution < -0.4 is 19.7 Å². The average molecular weight is 287 g/mol. The van der Waals surface area contributed by atoms with Gasteiger partial charge >= 0.3 is 7.48 Å². The fourth-order valence-corrected chi connectivity index (χ4v) is 1.92. The highest BCUT2D eigenvalue weighted by molar-refractivity contribution is 6.46. The zero-order valence-corrected chi connectivity index (χ0v) is 11.9. The van der Waals surface area contributed by atoms with E-state index in [1.54, 1.807) is 50.6 Å². The van der Waals surface area contributed by atoms with Gasteiger partial charge in [0.25, 0.3) is 0 Å². The summed E-state index contributed by atoms with van der Waals surface area (Å²) in [5.74, 6) is 2.32. The third-order valence-corrected chi connectivity index (χ3v) is 3.01. The molecule has 6 heteroatoms. The topological polar surface area (TPSA) is 68.2 Å². The standard InChI is InChI=1S/C15H16BO5/c1-19-14-6-4-12(8-15(14)20-2)21-11-3-5-13(16-18)10(7-11)9-17/h3-8,17-18H,9H2,1-2H3. The molecule has 21 heavy (non-hydrogen) atoms. The number of benzene rings is 2. The second kappa shape index (κ2) is 7.01. The first kappa shape index (κ1) is 15.2. The van der Waals surface area contributed by atoms with E-state index in [-0.39, 0.29) is 6.61 Å². The normalized spacial score (nSPS) is 10.1. The van der Waals surface area contributed by atoms with Crippen LogP contribution in [-0.2, 0) is 6.61 Å². The van der Waals surface area contributed by atoms with Crippen molar-refractivity contribution >= 4 is 12.9 Å². The molecule has 0 fully saturated rings. The quantitative estimate of drug-likeness (QED) is 0.782. The SMILES string of the molecule is COc1ccc(Oc2ccc([B]O)c(CO)c2)cc1OC. The minimum Gasteiger partial charge on any atom is -0.493 e. The Kier molecular flexibility index (Phi) is 5.08. The van der Waals surface area contributed by atoms with E-state index in [4.69, 9.17) is 19.2 Å². The molecule has 0 spiro atoms. The molecule has 0 bridgehead atoms. The van der Waals surface area contributed by atoms with Gasteiger partial charge in [-0.25, -0.2) is 0 Å². The monoisotopic (exact) mass is 287 g/mol. The molecule has 1 radical (unpaired) electrons. The molecule has 0 heterocycles. The molecule has 0 amide bonds. The second-order valence-electron chi connectivity index (χ2n) is 4.27. The largest absolute Gasteiger partial charge is 0.493 e. The van der Waals surface area contributed by atoms with E-state index in [1.165, 1.54) is 0 Å². The highest BCUT2D eigenvalue weighted by Gasteiger charge is 2.08. The lowest BCUT2D eigenvalue weighted by Crippen LogP contribution is -2.18. The van der Waals surface area contributed by atoms with Crippen LogP contribution in [0.4, 0.5) is 0 Å². The smallest absolute Gasteiger partial charge is 0.327 e. The molecule has 0 unspecified atom stereocenters. The lowest BCUT2D eigenvalue weighted by atomic mass is 9.84. The molecule has 0 aliphatic rings. The molecular formula is C15H16BO5. The van der Waals surface area contributed by atoms with Crippen LogP contribution >= 0.6 is 0 Å². The molecule has 109 valence electrons. The molecule has 0 saturated heterocycles. The predicted octanol–water partition coefficient (Wildman–Crippen LogP) is 1.23. The van der Waals surface area contributed by atoms with Crippen LogP contribution in [0.1, 0.15) is 5.56 Å². The third kappa shape index (κ3) is 3.48. The summed E-state index contributed by atoms with van der Waals surface area (Å²) in [7, 11) is 4.07. The van der Waals surface area contributed by atoms with Gasteiger partial charge in [0.05, 0.1) is 20.8 Å². The Morgan fingerprint density at radius 1 is 0.952 bits per heavy atom. The Hall–Kier alpha value is -2.18. The Bertz CT molecular complexity index is 562. The van der Waals surface area contributed by atoms with Gasteiger partial charge in [0.1, 0.15) is 11.5 Å². The zero-order chi connectivity index (χ0) is 15.2. The fraction of sp³-hybridized carbons (Fsp3) is 0.200. The highest BCUT2D eigenvalue weighted by atomic mass is 16.5. The van der Waals surface area contributed by atoms with Crippen LogP contribution in [0.5, 0.6) is 23.0 Å². The summed E-state index contributed by atoms with van der Waals surface area (Å²) in [5, 5.41) is 18.3. The van der Waals surface area contributed by atoms with Crippen molar-refractivity contribution in [2.45, 2.75) is 6.61 Å². The van der Waals surface area contributed by atoms with E-state index >= 15 is 0 Å². The van der Waals surface area contributed by atoms with Gasteiger partial charge in [-0.05, 0) is 35.3 Å². The predicted molar refractivity (Wildman–Crippen MR) is 79.6 cm³/mol. The van der Waals surface area contributed by atoms with Gasteiger partial charge in [0, 0.05) is 6.07 Å². The van der Waals surface area contributed by atoms with Gasteiger partial charge in [-0.1, -0.05) is 6.07 Å². The Balaban J connectivity index is 2.25. The zero-order valence-electron chi connectivity index (χ0n) is 11.9. The van der Waals surface area contributed by atoms with E-state index in [9.17, 15) is 5.11 Å². The van der Waals surface area contributed by atoms with Crippen molar-refractivity contribution in [2.24, 2.45) is 0 Å². The molecule has 0 aliphatic heterocycles. The summed E-state index contributed by atoms with van der Waals surface area (Å²) >= 11 is 0. The van der Waals surface area contributed by atoms with E-state index in [1.807, 2.05) is 0 Å². The molecule has 0 aliphatic carbocycles. The summed E-state index contributed by atoms with van der Waals surface area (Å²) in [6, 6.07) is 10.3. The molecule has 2 rings (SSSR count). The third-order valence-electron chi connectivity index (χ3n) is 3.01. The average Bonchev–Trinajstić information content (AvgIpc) is 2.54. The summed E-state index contributed by atoms with van der Waals surface area (Å²) in [6.45, 7) is -0.185. The van der Waals surface area contributed by atoms with Crippen molar-refractivity contribution in [1.82, 2.24) is 0 Å². The maximum absolute atomic E-state index is 9.27. The van der Waals surface area contributed by atoms with Crippen LogP contribution in [0.2, 0.25) is 0 Å². The van der Waals surface area contributed by atoms with Crippen molar-refractivity contribution in [3.63, 3.8) is 0 Å². The first-order valence-electron chi connectivity index (χ1n) is 6.33.